The van der Waals surface area contributed by atoms with E-state index in [4.69, 9.17) is 16.3 Å². The van der Waals surface area contributed by atoms with Crippen LogP contribution in [0.15, 0.2) is 30.5 Å². The summed E-state index contributed by atoms with van der Waals surface area (Å²) in [6.07, 6.45) is 1.79. The first kappa shape index (κ1) is 12.0. The van der Waals surface area contributed by atoms with Crippen LogP contribution in [0.3, 0.4) is 0 Å². The lowest BCUT2D eigenvalue weighted by atomic mass is 10.1. The van der Waals surface area contributed by atoms with Crippen LogP contribution in [-0.2, 0) is 0 Å². The number of nitrogens with zero attached hydrogens (tertiary/aromatic N) is 1. The Bertz CT molecular complexity index is 516. The van der Waals surface area contributed by atoms with Crippen LogP contribution in [0, 0.1) is 0 Å². The average molecular weight is 251 g/mol. The highest BCUT2D eigenvalue weighted by atomic mass is 35.5. The van der Waals surface area contributed by atoms with Crippen LogP contribution in [0.25, 0.3) is 10.8 Å². The molecule has 0 saturated heterocycles. The maximum atomic E-state index is 5.80. The smallest absolute Gasteiger partial charge is 0.134 e. The van der Waals surface area contributed by atoms with Gasteiger partial charge in [0.25, 0.3) is 0 Å². The zero-order valence-corrected chi connectivity index (χ0v) is 10.7. The van der Waals surface area contributed by atoms with Gasteiger partial charge in [-0.3, -0.25) is 0 Å². The number of aromatic nitrogens is 1. The first-order valence-corrected chi connectivity index (χ1v) is 6.03. The van der Waals surface area contributed by atoms with Gasteiger partial charge < -0.3 is 10.1 Å². The minimum absolute atomic E-state index is 0.181. The van der Waals surface area contributed by atoms with E-state index in [0.717, 1.165) is 22.3 Å². The van der Waals surface area contributed by atoms with Gasteiger partial charge in [0.15, 0.2) is 0 Å². The molecule has 1 heterocycles. The van der Waals surface area contributed by atoms with Crippen LogP contribution in [0.2, 0.25) is 0 Å². The van der Waals surface area contributed by atoms with E-state index in [1.54, 1.807) is 13.3 Å². The molecule has 0 amide bonds. The van der Waals surface area contributed by atoms with Gasteiger partial charge in [-0.05, 0) is 30.5 Å². The summed E-state index contributed by atoms with van der Waals surface area (Å²) < 4.78 is 5.23. The summed E-state index contributed by atoms with van der Waals surface area (Å²) in [5.41, 5.74) is 0. The monoisotopic (exact) mass is 250 g/mol. The predicted octanol–water partition coefficient (Wildman–Crippen LogP) is 3.28. The van der Waals surface area contributed by atoms with Gasteiger partial charge in [-0.25, -0.2) is 4.98 Å². The number of anilines is 1. The fourth-order valence-electron chi connectivity index (χ4n) is 1.66. The van der Waals surface area contributed by atoms with Crippen LogP contribution in [0.4, 0.5) is 5.82 Å². The number of methoxy groups -OCH3 is 1. The van der Waals surface area contributed by atoms with E-state index in [1.165, 1.54) is 0 Å². The van der Waals surface area contributed by atoms with Crippen molar-refractivity contribution in [3.63, 3.8) is 0 Å². The second kappa shape index (κ2) is 5.23. The predicted molar refractivity (Wildman–Crippen MR) is 72.1 cm³/mol. The Morgan fingerprint density at radius 1 is 1.41 bits per heavy atom. The molecule has 0 aliphatic rings. The molecule has 17 heavy (non-hydrogen) atoms. The molecule has 90 valence electrons. The first-order valence-electron chi connectivity index (χ1n) is 5.50. The molecule has 0 bridgehead atoms. The van der Waals surface area contributed by atoms with E-state index in [0.29, 0.717) is 5.88 Å². The Morgan fingerprint density at radius 2 is 2.24 bits per heavy atom. The molecule has 1 aromatic carbocycles. The number of rotatable bonds is 4. The van der Waals surface area contributed by atoms with E-state index >= 15 is 0 Å². The summed E-state index contributed by atoms with van der Waals surface area (Å²) in [5.74, 6) is 2.21. The van der Waals surface area contributed by atoms with E-state index in [9.17, 15) is 0 Å². The molecule has 4 heteroatoms. The molecular weight excluding hydrogens is 236 g/mol. The van der Waals surface area contributed by atoms with Crippen molar-refractivity contribution >= 4 is 28.2 Å². The van der Waals surface area contributed by atoms with Crippen LogP contribution >= 0.6 is 11.6 Å². The topological polar surface area (TPSA) is 34.1 Å². The van der Waals surface area contributed by atoms with E-state index < -0.39 is 0 Å². The van der Waals surface area contributed by atoms with Crippen LogP contribution in [-0.4, -0.2) is 24.0 Å². The van der Waals surface area contributed by atoms with Gasteiger partial charge in [0, 0.05) is 23.5 Å². The molecule has 0 spiro atoms. The van der Waals surface area contributed by atoms with Gasteiger partial charge in [-0.1, -0.05) is 6.07 Å². The summed E-state index contributed by atoms with van der Waals surface area (Å²) in [6, 6.07) is 8.10. The highest BCUT2D eigenvalue weighted by molar-refractivity contribution is 6.18. The minimum Gasteiger partial charge on any atom is -0.497 e. The second-order valence-corrected chi connectivity index (χ2v) is 4.25. The molecule has 0 fully saturated rings. The summed E-state index contributed by atoms with van der Waals surface area (Å²) in [7, 11) is 1.66. The second-order valence-electron chi connectivity index (χ2n) is 3.95. The van der Waals surface area contributed by atoms with Crippen molar-refractivity contribution in [3.8, 4) is 5.75 Å². The van der Waals surface area contributed by atoms with Gasteiger partial charge in [0.05, 0.1) is 7.11 Å². The normalized spacial score (nSPS) is 12.4. The molecule has 2 aromatic rings. The van der Waals surface area contributed by atoms with Crippen molar-refractivity contribution in [1.29, 1.82) is 0 Å². The summed E-state index contributed by atoms with van der Waals surface area (Å²) in [6.45, 7) is 2.02. The molecule has 0 aliphatic heterocycles. The summed E-state index contributed by atoms with van der Waals surface area (Å²) in [4.78, 5) is 4.34. The van der Waals surface area contributed by atoms with Crippen molar-refractivity contribution in [2.45, 2.75) is 13.0 Å². The Labute approximate surface area is 106 Å². The number of hydrogen-bond donors (Lipinski definition) is 1. The standard InChI is InChI=1S/C13H15ClN2O/c1-9(8-14)16-13-12-7-11(17-2)4-3-10(12)5-6-15-13/h3-7,9H,8H2,1-2H3,(H,15,16). The zero-order valence-electron chi connectivity index (χ0n) is 9.90. The molecule has 3 nitrogen and oxygen atoms in total. The van der Waals surface area contributed by atoms with Crippen molar-refractivity contribution in [2.24, 2.45) is 0 Å². The number of hydrogen-bond acceptors (Lipinski definition) is 3. The number of pyridine rings is 1. The van der Waals surface area contributed by atoms with Crippen molar-refractivity contribution in [2.75, 3.05) is 18.3 Å². The molecule has 0 radical (unpaired) electrons. The Hall–Kier alpha value is -1.48. The quantitative estimate of drug-likeness (QED) is 0.846. The van der Waals surface area contributed by atoms with Gasteiger partial charge in [0.1, 0.15) is 11.6 Å². The van der Waals surface area contributed by atoms with Gasteiger partial charge in [-0.15, -0.1) is 11.6 Å². The highest BCUT2D eigenvalue weighted by Crippen LogP contribution is 2.26. The van der Waals surface area contributed by atoms with E-state index in [-0.39, 0.29) is 6.04 Å². The van der Waals surface area contributed by atoms with Crippen molar-refractivity contribution in [1.82, 2.24) is 4.98 Å². The third kappa shape index (κ3) is 2.61. The molecule has 1 aromatic heterocycles. The lowest BCUT2D eigenvalue weighted by Crippen LogP contribution is -2.17. The van der Waals surface area contributed by atoms with Gasteiger partial charge in [-0.2, -0.15) is 0 Å². The molecule has 0 saturated carbocycles. The lowest BCUT2D eigenvalue weighted by Gasteiger charge is -2.13. The average Bonchev–Trinajstić information content (AvgIpc) is 2.38. The largest absolute Gasteiger partial charge is 0.497 e. The van der Waals surface area contributed by atoms with Crippen molar-refractivity contribution in [3.05, 3.63) is 30.5 Å². The molecular formula is C13H15ClN2O. The third-order valence-corrected chi connectivity index (χ3v) is 3.05. The van der Waals surface area contributed by atoms with E-state index in [1.807, 2.05) is 31.2 Å². The Balaban J connectivity index is 2.46. The minimum atomic E-state index is 0.181. The SMILES string of the molecule is COc1ccc2ccnc(NC(C)CCl)c2c1. The fraction of sp³-hybridized carbons (Fsp3) is 0.308. The fourth-order valence-corrected chi connectivity index (χ4v) is 1.74. The zero-order chi connectivity index (χ0) is 12.3. The summed E-state index contributed by atoms with van der Waals surface area (Å²) >= 11 is 5.80. The number of ether oxygens (including phenoxy) is 1. The molecule has 1 N–H and O–H groups in total. The van der Waals surface area contributed by atoms with Crippen LogP contribution in [0.1, 0.15) is 6.92 Å². The lowest BCUT2D eigenvalue weighted by molar-refractivity contribution is 0.415. The Morgan fingerprint density at radius 3 is 2.94 bits per heavy atom. The number of benzene rings is 1. The van der Waals surface area contributed by atoms with Crippen LogP contribution < -0.4 is 10.1 Å². The van der Waals surface area contributed by atoms with Gasteiger partial charge in [0.2, 0.25) is 0 Å². The maximum Gasteiger partial charge on any atom is 0.134 e. The van der Waals surface area contributed by atoms with Crippen molar-refractivity contribution < 1.29 is 4.74 Å². The third-order valence-electron chi connectivity index (χ3n) is 2.59. The number of nitrogens with one attached hydrogen (secondary N) is 1. The number of fused-ring (bicyclic) bond motifs is 1. The van der Waals surface area contributed by atoms with Gasteiger partial charge >= 0.3 is 0 Å². The number of halogens is 1. The summed E-state index contributed by atoms with van der Waals surface area (Å²) in [5, 5.41) is 5.46. The van der Waals surface area contributed by atoms with E-state index in [2.05, 4.69) is 10.3 Å². The maximum absolute atomic E-state index is 5.80. The number of alkyl halides is 1. The highest BCUT2D eigenvalue weighted by Gasteiger charge is 2.06. The molecule has 2 rings (SSSR count). The Kier molecular flexibility index (Phi) is 3.69. The first-order chi connectivity index (χ1) is 8.24. The molecule has 0 aliphatic carbocycles. The van der Waals surface area contributed by atoms with Crippen LogP contribution in [0.5, 0.6) is 5.75 Å². The molecule has 1 unspecified atom stereocenters. The molecule has 1 atom stereocenters.